The average Bonchev–Trinajstić information content (AvgIpc) is 2.99. The zero-order valence-corrected chi connectivity index (χ0v) is 8.31. The number of aromatic nitrogens is 1. The highest BCUT2D eigenvalue weighted by Gasteiger charge is 2.42. The van der Waals surface area contributed by atoms with Crippen LogP contribution in [0, 0.1) is 0 Å². The highest BCUT2D eigenvalue weighted by atomic mass is 32.1. The standard InChI is InChI=1S/C10H13NOS/c12-10(3-4-10)5-8-9(7-1-2-7)11-6-13-8/h6-7,12H,1-5H2. The largest absolute Gasteiger partial charge is 0.390 e. The van der Waals surface area contributed by atoms with Crippen molar-refractivity contribution in [2.24, 2.45) is 0 Å². The summed E-state index contributed by atoms with van der Waals surface area (Å²) in [6, 6.07) is 0. The lowest BCUT2D eigenvalue weighted by Gasteiger charge is -2.06. The number of rotatable bonds is 3. The smallest absolute Gasteiger partial charge is 0.0797 e. The number of hydrogen-bond acceptors (Lipinski definition) is 3. The second-order valence-corrected chi connectivity index (χ2v) is 5.28. The Balaban J connectivity index is 1.82. The lowest BCUT2D eigenvalue weighted by Crippen LogP contribution is -2.10. The lowest BCUT2D eigenvalue weighted by atomic mass is 10.1. The fraction of sp³-hybridized carbons (Fsp3) is 0.700. The lowest BCUT2D eigenvalue weighted by molar-refractivity contribution is 0.151. The molecule has 1 aromatic heterocycles. The van der Waals surface area contributed by atoms with E-state index in [2.05, 4.69) is 4.98 Å². The summed E-state index contributed by atoms with van der Waals surface area (Å²) < 4.78 is 0. The van der Waals surface area contributed by atoms with E-state index >= 15 is 0 Å². The van der Waals surface area contributed by atoms with E-state index in [1.807, 2.05) is 5.51 Å². The van der Waals surface area contributed by atoms with Gasteiger partial charge in [-0.1, -0.05) is 0 Å². The van der Waals surface area contributed by atoms with Crippen LogP contribution >= 0.6 is 11.3 Å². The van der Waals surface area contributed by atoms with E-state index < -0.39 is 0 Å². The van der Waals surface area contributed by atoms with Crippen LogP contribution in [0.5, 0.6) is 0 Å². The molecule has 1 aromatic rings. The topological polar surface area (TPSA) is 33.1 Å². The third-order valence-electron chi connectivity index (χ3n) is 2.95. The van der Waals surface area contributed by atoms with E-state index in [1.54, 1.807) is 11.3 Å². The fourth-order valence-electron chi connectivity index (χ4n) is 1.72. The first-order valence-corrected chi connectivity index (χ1v) is 5.79. The summed E-state index contributed by atoms with van der Waals surface area (Å²) >= 11 is 1.71. The molecular formula is C10H13NOS. The van der Waals surface area contributed by atoms with Gasteiger partial charge in [-0.25, -0.2) is 4.98 Å². The Morgan fingerprint density at radius 3 is 2.92 bits per heavy atom. The quantitative estimate of drug-likeness (QED) is 0.801. The van der Waals surface area contributed by atoms with E-state index in [-0.39, 0.29) is 5.60 Å². The zero-order chi connectivity index (χ0) is 8.89. The summed E-state index contributed by atoms with van der Waals surface area (Å²) in [4.78, 5) is 5.73. The van der Waals surface area contributed by atoms with Crippen LogP contribution in [0.25, 0.3) is 0 Å². The Hall–Kier alpha value is -0.410. The third kappa shape index (κ3) is 1.51. The molecule has 2 aliphatic carbocycles. The van der Waals surface area contributed by atoms with E-state index in [0.29, 0.717) is 0 Å². The highest BCUT2D eigenvalue weighted by molar-refractivity contribution is 7.09. The molecule has 1 N–H and O–H groups in total. The van der Waals surface area contributed by atoms with Crippen molar-refractivity contribution in [2.75, 3.05) is 0 Å². The molecule has 0 amide bonds. The first-order chi connectivity index (χ1) is 6.27. The fourth-order valence-corrected chi connectivity index (χ4v) is 2.71. The molecule has 0 bridgehead atoms. The van der Waals surface area contributed by atoms with Crippen molar-refractivity contribution < 1.29 is 5.11 Å². The van der Waals surface area contributed by atoms with Crippen molar-refractivity contribution in [3.8, 4) is 0 Å². The van der Waals surface area contributed by atoms with E-state index in [1.165, 1.54) is 23.4 Å². The summed E-state index contributed by atoms with van der Waals surface area (Å²) in [6.45, 7) is 0. The van der Waals surface area contributed by atoms with Gasteiger partial charge in [-0.3, -0.25) is 0 Å². The molecule has 0 saturated heterocycles. The summed E-state index contributed by atoms with van der Waals surface area (Å²) in [5.41, 5.74) is 2.86. The minimum Gasteiger partial charge on any atom is -0.390 e. The predicted octanol–water partition coefficient (Wildman–Crippen LogP) is 2.09. The van der Waals surface area contributed by atoms with Gasteiger partial charge in [-0.05, 0) is 25.7 Å². The molecule has 2 saturated carbocycles. The SMILES string of the molecule is OC1(Cc2scnc2C2CC2)CC1. The van der Waals surface area contributed by atoms with E-state index in [9.17, 15) is 5.11 Å². The summed E-state index contributed by atoms with van der Waals surface area (Å²) in [5.74, 6) is 0.726. The van der Waals surface area contributed by atoms with Crippen LogP contribution in [0.4, 0.5) is 0 Å². The van der Waals surface area contributed by atoms with Gasteiger partial charge in [-0.2, -0.15) is 0 Å². The minimum atomic E-state index is -0.351. The molecule has 3 rings (SSSR count). The Morgan fingerprint density at radius 1 is 1.54 bits per heavy atom. The molecule has 3 heteroatoms. The predicted molar refractivity (Wildman–Crippen MR) is 52.0 cm³/mol. The number of nitrogens with zero attached hydrogens (tertiary/aromatic N) is 1. The average molecular weight is 195 g/mol. The summed E-state index contributed by atoms with van der Waals surface area (Å²) in [6.07, 6.45) is 5.41. The van der Waals surface area contributed by atoms with Crippen molar-refractivity contribution in [1.29, 1.82) is 0 Å². The molecular weight excluding hydrogens is 182 g/mol. The van der Waals surface area contributed by atoms with Gasteiger partial charge >= 0.3 is 0 Å². The van der Waals surface area contributed by atoms with Gasteiger partial charge < -0.3 is 5.11 Å². The third-order valence-corrected chi connectivity index (χ3v) is 3.80. The monoisotopic (exact) mass is 195 g/mol. The van der Waals surface area contributed by atoms with Gasteiger partial charge in [0.1, 0.15) is 0 Å². The second-order valence-electron chi connectivity index (χ2n) is 4.34. The van der Waals surface area contributed by atoms with Crippen LogP contribution in [0.3, 0.4) is 0 Å². The van der Waals surface area contributed by atoms with E-state index in [0.717, 1.165) is 25.2 Å². The molecule has 2 nitrogen and oxygen atoms in total. The first kappa shape index (κ1) is 7.94. The van der Waals surface area contributed by atoms with Gasteiger partial charge in [0.2, 0.25) is 0 Å². The Bertz CT molecular complexity index is 325. The summed E-state index contributed by atoms with van der Waals surface area (Å²) in [5, 5.41) is 9.81. The maximum Gasteiger partial charge on any atom is 0.0797 e. The van der Waals surface area contributed by atoms with Gasteiger partial charge in [0.25, 0.3) is 0 Å². The molecule has 0 aliphatic heterocycles. The van der Waals surface area contributed by atoms with Crippen molar-refractivity contribution in [3.63, 3.8) is 0 Å². The van der Waals surface area contributed by atoms with Crippen LogP contribution in [-0.2, 0) is 6.42 Å². The van der Waals surface area contributed by atoms with Crippen LogP contribution in [0.2, 0.25) is 0 Å². The van der Waals surface area contributed by atoms with Gasteiger partial charge in [0, 0.05) is 17.2 Å². The van der Waals surface area contributed by atoms with Crippen LogP contribution in [0.15, 0.2) is 5.51 Å². The molecule has 70 valence electrons. The van der Waals surface area contributed by atoms with Crippen molar-refractivity contribution in [2.45, 2.75) is 43.6 Å². The van der Waals surface area contributed by atoms with Crippen LogP contribution in [0.1, 0.15) is 42.2 Å². The van der Waals surface area contributed by atoms with Gasteiger partial charge in [0.05, 0.1) is 16.8 Å². The van der Waals surface area contributed by atoms with Crippen molar-refractivity contribution >= 4 is 11.3 Å². The minimum absolute atomic E-state index is 0.351. The first-order valence-electron chi connectivity index (χ1n) is 4.91. The summed E-state index contributed by atoms with van der Waals surface area (Å²) in [7, 11) is 0. The zero-order valence-electron chi connectivity index (χ0n) is 7.49. The van der Waals surface area contributed by atoms with Crippen LogP contribution in [-0.4, -0.2) is 15.7 Å². The Kier molecular flexibility index (Phi) is 1.56. The molecule has 0 spiro atoms. The molecule has 1 heterocycles. The Labute approximate surface area is 81.6 Å². The number of thiazole rings is 1. The van der Waals surface area contributed by atoms with Gasteiger partial charge in [-0.15, -0.1) is 11.3 Å². The molecule has 0 unspecified atom stereocenters. The molecule has 0 radical (unpaired) electrons. The molecule has 2 fully saturated rings. The Morgan fingerprint density at radius 2 is 2.31 bits per heavy atom. The molecule has 0 atom stereocenters. The maximum absolute atomic E-state index is 9.81. The normalized spacial score (nSPS) is 24.7. The number of aliphatic hydroxyl groups is 1. The second kappa shape index (κ2) is 2.55. The van der Waals surface area contributed by atoms with Gasteiger partial charge in [0.15, 0.2) is 0 Å². The van der Waals surface area contributed by atoms with Crippen molar-refractivity contribution in [3.05, 3.63) is 16.1 Å². The van der Waals surface area contributed by atoms with Crippen molar-refractivity contribution in [1.82, 2.24) is 4.98 Å². The maximum atomic E-state index is 9.81. The van der Waals surface area contributed by atoms with E-state index in [4.69, 9.17) is 0 Å². The number of hydrogen-bond donors (Lipinski definition) is 1. The molecule has 2 aliphatic rings. The molecule has 0 aromatic carbocycles. The van der Waals surface area contributed by atoms with Crippen LogP contribution < -0.4 is 0 Å². The highest BCUT2D eigenvalue weighted by Crippen LogP contribution is 2.45. The molecule has 13 heavy (non-hydrogen) atoms.